The molecule has 0 spiro atoms. The Bertz CT molecular complexity index is 630. The normalized spacial score (nSPS) is 12.2. The molecule has 4 heteroatoms. The minimum absolute atomic E-state index is 0.0977. The smallest absolute Gasteiger partial charge is 0.130 e. The maximum Gasteiger partial charge on any atom is 0.130 e. The zero-order valence-electron chi connectivity index (χ0n) is 12.2. The molecule has 2 rings (SSSR count). The van der Waals surface area contributed by atoms with Gasteiger partial charge in [0.2, 0.25) is 0 Å². The number of benzene rings is 2. The van der Waals surface area contributed by atoms with Crippen molar-refractivity contribution in [1.29, 1.82) is 0 Å². The second kappa shape index (κ2) is 6.92. The molecule has 0 aliphatic carbocycles. The average Bonchev–Trinajstić information content (AvgIpc) is 2.45. The lowest BCUT2D eigenvalue weighted by Gasteiger charge is -2.12. The molecule has 112 valence electrons. The summed E-state index contributed by atoms with van der Waals surface area (Å²) in [6, 6.07) is 10.3. The first kappa shape index (κ1) is 15.8. The summed E-state index contributed by atoms with van der Waals surface area (Å²) in [5.74, 6) is 0.744. The first-order valence-electron chi connectivity index (χ1n) is 6.97. The summed E-state index contributed by atoms with van der Waals surface area (Å²) in [5, 5.41) is 0.615. The molecule has 2 aromatic carbocycles. The molecular weight excluding hydrogens is 289 g/mol. The monoisotopic (exact) mass is 307 g/mol. The highest BCUT2D eigenvalue weighted by Crippen LogP contribution is 2.28. The van der Waals surface area contributed by atoms with E-state index in [1.54, 1.807) is 25.1 Å². The van der Waals surface area contributed by atoms with Crippen LogP contribution in [0.5, 0.6) is 11.5 Å². The predicted octanol–water partition coefficient (Wildman–Crippen LogP) is 4.86. The maximum absolute atomic E-state index is 13.5. The van der Waals surface area contributed by atoms with E-state index in [9.17, 15) is 4.39 Å². The molecule has 1 atom stereocenters. The minimum Gasteiger partial charge on any atom is -0.457 e. The Hall–Kier alpha value is -1.58. The quantitative estimate of drug-likeness (QED) is 0.856. The summed E-state index contributed by atoms with van der Waals surface area (Å²) in [6.45, 7) is 3.75. The lowest BCUT2D eigenvalue weighted by atomic mass is 10.0. The van der Waals surface area contributed by atoms with Crippen molar-refractivity contribution in [2.75, 3.05) is 0 Å². The molecule has 0 saturated heterocycles. The van der Waals surface area contributed by atoms with Gasteiger partial charge in [0, 0.05) is 17.1 Å². The van der Waals surface area contributed by atoms with Crippen LogP contribution >= 0.6 is 11.6 Å². The third-order valence-corrected chi connectivity index (χ3v) is 3.76. The topological polar surface area (TPSA) is 35.2 Å². The van der Waals surface area contributed by atoms with Gasteiger partial charge < -0.3 is 10.5 Å². The van der Waals surface area contributed by atoms with E-state index >= 15 is 0 Å². The molecule has 1 unspecified atom stereocenters. The van der Waals surface area contributed by atoms with Crippen LogP contribution in [0.4, 0.5) is 4.39 Å². The molecule has 0 heterocycles. The Labute approximate surface area is 129 Å². The predicted molar refractivity (Wildman–Crippen MR) is 84.6 cm³/mol. The van der Waals surface area contributed by atoms with E-state index in [-0.39, 0.29) is 11.9 Å². The van der Waals surface area contributed by atoms with E-state index < -0.39 is 0 Å². The van der Waals surface area contributed by atoms with E-state index in [0.717, 1.165) is 18.4 Å². The van der Waals surface area contributed by atoms with Crippen molar-refractivity contribution in [1.82, 2.24) is 0 Å². The first-order chi connectivity index (χ1) is 9.99. The van der Waals surface area contributed by atoms with E-state index in [2.05, 4.69) is 0 Å². The van der Waals surface area contributed by atoms with Crippen molar-refractivity contribution in [2.24, 2.45) is 5.73 Å². The Kier molecular flexibility index (Phi) is 5.21. The van der Waals surface area contributed by atoms with Gasteiger partial charge in [0.1, 0.15) is 17.3 Å². The molecule has 2 aromatic rings. The van der Waals surface area contributed by atoms with Crippen molar-refractivity contribution < 1.29 is 9.13 Å². The van der Waals surface area contributed by atoms with Gasteiger partial charge in [-0.2, -0.15) is 0 Å². The average molecular weight is 308 g/mol. The number of ether oxygens (including phenoxy) is 1. The summed E-state index contributed by atoms with van der Waals surface area (Å²) in [4.78, 5) is 0. The number of aryl methyl sites for hydroxylation is 1. The Morgan fingerprint density at radius 1 is 1.19 bits per heavy atom. The molecule has 0 saturated carbocycles. The zero-order valence-corrected chi connectivity index (χ0v) is 13.0. The highest BCUT2D eigenvalue weighted by Gasteiger charge is 2.08. The largest absolute Gasteiger partial charge is 0.457 e. The number of halogens is 2. The van der Waals surface area contributed by atoms with E-state index in [1.165, 1.54) is 6.07 Å². The number of hydrogen-bond acceptors (Lipinski definition) is 2. The van der Waals surface area contributed by atoms with Crippen LogP contribution < -0.4 is 10.5 Å². The summed E-state index contributed by atoms with van der Waals surface area (Å²) in [7, 11) is 0. The summed E-state index contributed by atoms with van der Waals surface area (Å²) in [6.07, 6.45) is 1.63. The molecule has 0 radical (unpaired) electrons. The van der Waals surface area contributed by atoms with Crippen molar-refractivity contribution in [3.63, 3.8) is 0 Å². The Balaban J connectivity index is 2.14. The van der Waals surface area contributed by atoms with E-state index in [4.69, 9.17) is 22.1 Å². The lowest BCUT2D eigenvalue weighted by Crippen LogP contribution is -2.21. The van der Waals surface area contributed by atoms with E-state index in [1.807, 2.05) is 19.1 Å². The van der Waals surface area contributed by atoms with Crippen LogP contribution in [-0.2, 0) is 6.42 Å². The molecule has 21 heavy (non-hydrogen) atoms. The minimum atomic E-state index is -0.288. The second-order valence-electron chi connectivity index (χ2n) is 5.14. The first-order valence-corrected chi connectivity index (χ1v) is 7.35. The molecule has 0 bridgehead atoms. The van der Waals surface area contributed by atoms with Gasteiger partial charge in [-0.15, -0.1) is 0 Å². The molecule has 2 nitrogen and oxygen atoms in total. The molecule has 0 amide bonds. The molecule has 0 aliphatic rings. The van der Waals surface area contributed by atoms with Gasteiger partial charge in [0.05, 0.1) is 0 Å². The highest BCUT2D eigenvalue weighted by atomic mass is 35.5. The summed E-state index contributed by atoms with van der Waals surface area (Å²) in [5.41, 5.74) is 7.52. The van der Waals surface area contributed by atoms with Gasteiger partial charge in [-0.1, -0.05) is 30.7 Å². The maximum atomic E-state index is 13.5. The zero-order chi connectivity index (χ0) is 15.4. The fourth-order valence-electron chi connectivity index (χ4n) is 1.96. The van der Waals surface area contributed by atoms with Crippen LogP contribution in [0.15, 0.2) is 36.4 Å². The lowest BCUT2D eigenvalue weighted by molar-refractivity contribution is 0.475. The second-order valence-corrected chi connectivity index (χ2v) is 5.55. The molecule has 0 aliphatic heterocycles. The van der Waals surface area contributed by atoms with Crippen LogP contribution in [0.25, 0.3) is 0 Å². The van der Waals surface area contributed by atoms with Crippen molar-refractivity contribution in [3.05, 3.63) is 58.4 Å². The number of rotatable bonds is 5. The molecule has 0 fully saturated rings. The van der Waals surface area contributed by atoms with Gasteiger partial charge in [-0.3, -0.25) is 0 Å². The van der Waals surface area contributed by atoms with E-state index in [0.29, 0.717) is 22.1 Å². The van der Waals surface area contributed by atoms with Crippen LogP contribution in [0, 0.1) is 12.7 Å². The molecular formula is C17H19ClFNO. The van der Waals surface area contributed by atoms with Crippen LogP contribution in [0.1, 0.15) is 24.5 Å². The fourth-order valence-corrected chi connectivity index (χ4v) is 2.20. The third-order valence-electron chi connectivity index (χ3n) is 3.41. The van der Waals surface area contributed by atoms with Gasteiger partial charge in [-0.25, -0.2) is 4.39 Å². The summed E-state index contributed by atoms with van der Waals surface area (Å²) >= 11 is 6.24. The van der Waals surface area contributed by atoms with Gasteiger partial charge in [0.25, 0.3) is 0 Å². The SMILES string of the molecule is CCC(N)Cc1ccc(Oc2ccc(C)c(F)c2)cc1Cl. The van der Waals surface area contributed by atoms with Crippen molar-refractivity contribution in [3.8, 4) is 11.5 Å². The highest BCUT2D eigenvalue weighted by molar-refractivity contribution is 6.31. The van der Waals surface area contributed by atoms with Crippen molar-refractivity contribution >= 4 is 11.6 Å². The number of hydrogen-bond donors (Lipinski definition) is 1. The third kappa shape index (κ3) is 4.19. The van der Waals surface area contributed by atoms with Crippen LogP contribution in [-0.4, -0.2) is 6.04 Å². The van der Waals surface area contributed by atoms with Crippen LogP contribution in [0.2, 0.25) is 5.02 Å². The summed E-state index contributed by atoms with van der Waals surface area (Å²) < 4.78 is 19.1. The molecule has 0 aromatic heterocycles. The Morgan fingerprint density at radius 2 is 1.86 bits per heavy atom. The Morgan fingerprint density at radius 3 is 2.48 bits per heavy atom. The number of nitrogens with two attached hydrogens (primary N) is 1. The van der Waals surface area contributed by atoms with Gasteiger partial charge >= 0.3 is 0 Å². The fraction of sp³-hybridized carbons (Fsp3) is 0.294. The standard InChI is InChI=1S/C17H19ClFNO/c1-3-13(20)8-12-5-7-14(9-16(12)18)21-15-6-4-11(2)17(19)10-15/h4-7,9-10,13H,3,8,20H2,1-2H3. The van der Waals surface area contributed by atoms with Gasteiger partial charge in [0.15, 0.2) is 0 Å². The molecule has 2 N–H and O–H groups in total. The van der Waals surface area contributed by atoms with Gasteiger partial charge in [-0.05, 0) is 49.1 Å². The van der Waals surface area contributed by atoms with Crippen molar-refractivity contribution in [2.45, 2.75) is 32.7 Å². The van der Waals surface area contributed by atoms with Crippen LogP contribution in [0.3, 0.4) is 0 Å².